The summed E-state index contributed by atoms with van der Waals surface area (Å²) in [5.41, 5.74) is 0.487. The highest BCUT2D eigenvalue weighted by atomic mass is 16.5. The Labute approximate surface area is 101 Å². The summed E-state index contributed by atoms with van der Waals surface area (Å²) < 4.78 is 5.44. The molecule has 2 heteroatoms. The summed E-state index contributed by atoms with van der Waals surface area (Å²) in [6.45, 7) is 12.4. The van der Waals surface area contributed by atoms with Gasteiger partial charge < -0.3 is 10.1 Å². The fourth-order valence-electron chi connectivity index (χ4n) is 2.70. The van der Waals surface area contributed by atoms with Crippen molar-refractivity contribution >= 4 is 0 Å². The van der Waals surface area contributed by atoms with Crippen molar-refractivity contribution in [1.82, 2.24) is 5.32 Å². The van der Waals surface area contributed by atoms with Gasteiger partial charge in [-0.25, -0.2) is 0 Å². The van der Waals surface area contributed by atoms with Crippen molar-refractivity contribution in [3.05, 3.63) is 0 Å². The first-order chi connectivity index (χ1) is 7.26. The topological polar surface area (TPSA) is 21.3 Å². The lowest BCUT2D eigenvalue weighted by Gasteiger charge is -2.40. The van der Waals surface area contributed by atoms with Crippen LogP contribution in [0.4, 0.5) is 0 Å². The molecule has 96 valence electrons. The molecule has 2 nitrogen and oxygen atoms in total. The van der Waals surface area contributed by atoms with Crippen LogP contribution in [-0.4, -0.2) is 25.3 Å². The third kappa shape index (κ3) is 4.06. The fraction of sp³-hybridized carbons (Fsp3) is 1.00. The Hall–Kier alpha value is -0.0800. The molecule has 2 atom stereocenters. The molecule has 1 N–H and O–H groups in total. The molecule has 0 aromatic heterocycles. The Kier molecular flexibility index (Phi) is 4.42. The summed E-state index contributed by atoms with van der Waals surface area (Å²) in [5, 5.41) is 3.68. The van der Waals surface area contributed by atoms with Gasteiger partial charge in [-0.15, -0.1) is 0 Å². The molecule has 0 bridgehead atoms. The Balaban J connectivity index is 2.39. The van der Waals surface area contributed by atoms with Crippen LogP contribution in [0.25, 0.3) is 0 Å². The fourth-order valence-corrected chi connectivity index (χ4v) is 2.70. The maximum Gasteiger partial charge on any atom is 0.0746 e. The van der Waals surface area contributed by atoms with Crippen LogP contribution in [0, 0.1) is 11.3 Å². The van der Waals surface area contributed by atoms with Crippen LogP contribution >= 0.6 is 0 Å². The van der Waals surface area contributed by atoms with E-state index in [-0.39, 0.29) is 5.60 Å². The normalized spacial score (nSPS) is 30.4. The third-order valence-electron chi connectivity index (χ3n) is 4.04. The summed E-state index contributed by atoms with van der Waals surface area (Å²) in [4.78, 5) is 0. The maximum absolute atomic E-state index is 5.44. The highest BCUT2D eigenvalue weighted by molar-refractivity contribution is 4.88. The zero-order valence-corrected chi connectivity index (χ0v) is 11.9. The van der Waals surface area contributed by atoms with Crippen LogP contribution in [-0.2, 0) is 4.74 Å². The van der Waals surface area contributed by atoms with E-state index in [1.54, 1.807) is 7.11 Å². The van der Waals surface area contributed by atoms with Crippen molar-refractivity contribution in [1.29, 1.82) is 0 Å². The molecule has 1 fully saturated rings. The number of hydrogen-bond acceptors (Lipinski definition) is 2. The average molecular weight is 227 g/mol. The summed E-state index contributed by atoms with van der Waals surface area (Å²) in [7, 11) is 1.79. The lowest BCUT2D eigenvalue weighted by atomic mass is 9.70. The van der Waals surface area contributed by atoms with Crippen molar-refractivity contribution < 1.29 is 4.74 Å². The molecule has 0 spiro atoms. The molecule has 0 heterocycles. The van der Waals surface area contributed by atoms with E-state index >= 15 is 0 Å². The summed E-state index contributed by atoms with van der Waals surface area (Å²) >= 11 is 0. The lowest BCUT2D eigenvalue weighted by Crippen LogP contribution is -2.47. The molecular weight excluding hydrogens is 198 g/mol. The van der Waals surface area contributed by atoms with E-state index in [0.717, 1.165) is 12.5 Å². The maximum atomic E-state index is 5.44. The van der Waals surface area contributed by atoms with Gasteiger partial charge in [-0.05, 0) is 44.4 Å². The standard InChI is InChI=1S/C14H29NO/c1-11-9-13(2,3)8-7-12(11)15-10-14(4,5)16-6/h11-12,15H,7-10H2,1-6H3. The monoisotopic (exact) mass is 227 g/mol. The van der Waals surface area contributed by atoms with E-state index in [9.17, 15) is 0 Å². The van der Waals surface area contributed by atoms with E-state index in [1.807, 2.05) is 0 Å². The molecule has 0 radical (unpaired) electrons. The van der Waals surface area contributed by atoms with Gasteiger partial charge in [-0.2, -0.15) is 0 Å². The van der Waals surface area contributed by atoms with Gasteiger partial charge in [0.1, 0.15) is 0 Å². The molecular formula is C14H29NO. The second kappa shape index (κ2) is 5.05. The molecule has 1 aliphatic rings. The largest absolute Gasteiger partial charge is 0.377 e. The SMILES string of the molecule is COC(C)(C)CNC1CCC(C)(C)CC1C. The van der Waals surface area contributed by atoms with Gasteiger partial charge in [0.2, 0.25) is 0 Å². The first-order valence-corrected chi connectivity index (χ1v) is 6.54. The third-order valence-corrected chi connectivity index (χ3v) is 4.04. The minimum atomic E-state index is -0.0489. The van der Waals surface area contributed by atoms with Crippen LogP contribution in [0.3, 0.4) is 0 Å². The van der Waals surface area contributed by atoms with Gasteiger partial charge in [0, 0.05) is 19.7 Å². The zero-order valence-electron chi connectivity index (χ0n) is 11.9. The van der Waals surface area contributed by atoms with Gasteiger partial charge in [0.05, 0.1) is 5.60 Å². The van der Waals surface area contributed by atoms with Crippen molar-refractivity contribution in [2.24, 2.45) is 11.3 Å². The average Bonchev–Trinajstić information content (AvgIpc) is 2.15. The molecule has 0 aromatic carbocycles. The molecule has 0 aromatic rings. The van der Waals surface area contributed by atoms with Crippen LogP contribution in [0.1, 0.15) is 53.9 Å². The molecule has 0 saturated heterocycles. The summed E-state index contributed by atoms with van der Waals surface area (Å²) in [6.07, 6.45) is 3.97. The van der Waals surface area contributed by atoms with E-state index in [0.29, 0.717) is 11.5 Å². The first kappa shape index (κ1) is 14.0. The minimum absolute atomic E-state index is 0.0489. The van der Waals surface area contributed by atoms with Crippen molar-refractivity contribution in [3.8, 4) is 0 Å². The van der Waals surface area contributed by atoms with Crippen molar-refractivity contribution in [2.75, 3.05) is 13.7 Å². The van der Waals surface area contributed by atoms with Crippen molar-refractivity contribution in [2.45, 2.75) is 65.5 Å². The lowest BCUT2D eigenvalue weighted by molar-refractivity contribution is 0.0158. The van der Waals surface area contributed by atoms with Gasteiger partial charge >= 0.3 is 0 Å². The number of ether oxygens (including phenoxy) is 1. The molecule has 0 amide bonds. The number of rotatable bonds is 4. The van der Waals surface area contributed by atoms with Crippen LogP contribution < -0.4 is 5.32 Å². The Morgan fingerprint density at radius 1 is 1.38 bits per heavy atom. The number of nitrogens with one attached hydrogen (secondary N) is 1. The van der Waals surface area contributed by atoms with Gasteiger partial charge in [-0.1, -0.05) is 20.8 Å². The highest BCUT2D eigenvalue weighted by Crippen LogP contribution is 2.38. The number of methoxy groups -OCH3 is 1. The van der Waals surface area contributed by atoms with Crippen molar-refractivity contribution in [3.63, 3.8) is 0 Å². The Morgan fingerprint density at radius 3 is 2.50 bits per heavy atom. The molecule has 1 aliphatic carbocycles. The van der Waals surface area contributed by atoms with E-state index < -0.39 is 0 Å². The molecule has 16 heavy (non-hydrogen) atoms. The Morgan fingerprint density at radius 2 is 2.00 bits per heavy atom. The minimum Gasteiger partial charge on any atom is -0.377 e. The predicted molar refractivity (Wildman–Crippen MR) is 69.7 cm³/mol. The van der Waals surface area contributed by atoms with Gasteiger partial charge in [-0.3, -0.25) is 0 Å². The second-order valence-electron chi connectivity index (χ2n) is 6.84. The zero-order chi connectivity index (χ0) is 12.4. The molecule has 1 rings (SSSR count). The molecule has 0 aliphatic heterocycles. The molecule has 2 unspecified atom stereocenters. The van der Waals surface area contributed by atoms with Crippen LogP contribution in [0.15, 0.2) is 0 Å². The van der Waals surface area contributed by atoms with Gasteiger partial charge in [0.15, 0.2) is 0 Å². The smallest absolute Gasteiger partial charge is 0.0746 e. The quantitative estimate of drug-likeness (QED) is 0.796. The summed E-state index contributed by atoms with van der Waals surface area (Å²) in [6, 6.07) is 0.669. The number of hydrogen-bond donors (Lipinski definition) is 1. The highest BCUT2D eigenvalue weighted by Gasteiger charge is 2.32. The summed E-state index contributed by atoms with van der Waals surface area (Å²) in [5.74, 6) is 0.774. The van der Waals surface area contributed by atoms with E-state index in [1.165, 1.54) is 19.3 Å². The van der Waals surface area contributed by atoms with Gasteiger partial charge in [0.25, 0.3) is 0 Å². The van der Waals surface area contributed by atoms with Crippen LogP contribution in [0.2, 0.25) is 0 Å². The van der Waals surface area contributed by atoms with E-state index in [2.05, 4.69) is 39.9 Å². The second-order valence-corrected chi connectivity index (χ2v) is 6.84. The molecule has 1 saturated carbocycles. The predicted octanol–water partition coefficient (Wildman–Crippen LogP) is 3.22. The van der Waals surface area contributed by atoms with E-state index in [4.69, 9.17) is 4.74 Å². The van der Waals surface area contributed by atoms with Crippen LogP contribution in [0.5, 0.6) is 0 Å². The Bertz CT molecular complexity index is 223. The first-order valence-electron chi connectivity index (χ1n) is 6.54.